The number of carbonyl (C=O) groups is 11. The molecule has 26 nitrogen and oxygen atoms in total. The third-order valence-corrected chi connectivity index (χ3v) is 17.0. The number of aromatic nitrogens is 1. The summed E-state index contributed by atoms with van der Waals surface area (Å²) in [6.07, 6.45) is 9.70. The van der Waals surface area contributed by atoms with Crippen LogP contribution in [0.2, 0.25) is 0 Å². The van der Waals surface area contributed by atoms with Crippen LogP contribution in [0, 0.1) is 11.8 Å². The van der Waals surface area contributed by atoms with Gasteiger partial charge in [0.05, 0.1) is 37.9 Å². The number of unbranched alkanes of at least 4 members (excludes halogenated alkanes) is 1. The van der Waals surface area contributed by atoms with Gasteiger partial charge in [-0.3, -0.25) is 43.3 Å². The molecule has 540 valence electrons. The summed E-state index contributed by atoms with van der Waals surface area (Å²) in [5.41, 5.74) is -1.08. The number of methoxy groups -OCH3 is 1. The number of urea groups is 1. The summed E-state index contributed by atoms with van der Waals surface area (Å²) < 4.78 is 33.8. The first-order valence-corrected chi connectivity index (χ1v) is 34.4. The maximum atomic E-state index is 14.2. The lowest BCUT2D eigenvalue weighted by atomic mass is 9.85. The molecule has 26 heteroatoms. The van der Waals surface area contributed by atoms with Crippen molar-refractivity contribution in [1.29, 1.82) is 0 Å². The highest BCUT2D eigenvalue weighted by Gasteiger charge is 2.43. The second-order valence-electron chi connectivity index (χ2n) is 28.7. The quantitative estimate of drug-likeness (QED) is 0.0214. The molecule has 6 N–H and O–H groups in total. The van der Waals surface area contributed by atoms with Gasteiger partial charge in [0, 0.05) is 76.8 Å². The molecule has 0 bridgehead atoms. The molecule has 98 heavy (non-hydrogen) atoms. The molecule has 2 aromatic carbocycles. The summed E-state index contributed by atoms with van der Waals surface area (Å²) >= 11 is 0. The van der Waals surface area contributed by atoms with Crippen molar-refractivity contribution in [3.63, 3.8) is 0 Å². The minimum Gasteiger partial charge on any atom is -0.468 e. The molecule has 8 amide bonds. The van der Waals surface area contributed by atoms with Crippen LogP contribution in [0.15, 0.2) is 67.0 Å². The van der Waals surface area contributed by atoms with Crippen LogP contribution in [0.1, 0.15) is 182 Å². The monoisotopic (exact) mass is 1370 g/mol. The standard InChI is InChI=1S/C72H105N9O17/c1-70(2,3)96-61(85)34-33-56(68(91)98-72(7,8)9)79-69(92)78-55(67(90)97-71(4,5)6)21-14-15-36-74-65(88)57(41-46-23-24-47-18-12-13-19-49(47)40-46)77-59(83)44-81(45-62(86)93-11)66(89)48-25-27-51(28-26-48)76-58(82)22-17-38-94-52-29-31-53(32-30-52)95-39-37-75-64(87)54-42-60(84)80(10)63(54)50-20-16-35-73-43-50/h12-13,16,18-20,23-24,35,40,43,48,51-57,63H,14-15,17,21-22,25-34,36-39,41-42,44-45H2,1-11H3,(H,74,88)(H,75,87)(H,76,82)(H,77,83)(H2,78,79,92)/t48?,51?,52?,53?,54-,55-,56-,57-,63+/m0/s1. The van der Waals surface area contributed by atoms with Gasteiger partial charge in [-0.15, -0.1) is 0 Å². The summed E-state index contributed by atoms with van der Waals surface area (Å²) in [4.78, 5) is 154. The van der Waals surface area contributed by atoms with Crippen LogP contribution in [-0.2, 0) is 82.8 Å². The van der Waals surface area contributed by atoms with Crippen molar-refractivity contribution in [3.05, 3.63) is 78.1 Å². The fourth-order valence-corrected chi connectivity index (χ4v) is 12.3. The van der Waals surface area contributed by atoms with E-state index in [4.69, 9.17) is 28.4 Å². The summed E-state index contributed by atoms with van der Waals surface area (Å²) in [7, 11) is 2.89. The number of carbonyl (C=O) groups excluding carboxylic acids is 11. The van der Waals surface area contributed by atoms with E-state index < -0.39 is 107 Å². The van der Waals surface area contributed by atoms with Crippen LogP contribution >= 0.6 is 0 Å². The predicted molar refractivity (Wildman–Crippen MR) is 363 cm³/mol. The van der Waals surface area contributed by atoms with Gasteiger partial charge in [0.15, 0.2) is 0 Å². The van der Waals surface area contributed by atoms with Gasteiger partial charge in [0.25, 0.3) is 0 Å². The molecule has 3 aromatic rings. The number of nitrogens with one attached hydrogen (secondary N) is 6. The average Bonchev–Trinajstić information content (AvgIpc) is 1.60. The highest BCUT2D eigenvalue weighted by molar-refractivity contribution is 5.93. The van der Waals surface area contributed by atoms with Crippen molar-refractivity contribution >= 4 is 76.1 Å². The number of rotatable bonds is 33. The molecule has 2 heterocycles. The number of esters is 4. The molecule has 1 saturated heterocycles. The van der Waals surface area contributed by atoms with Gasteiger partial charge in [-0.05, 0) is 174 Å². The van der Waals surface area contributed by atoms with Crippen LogP contribution in [0.4, 0.5) is 4.79 Å². The molecule has 0 unspecified atom stereocenters. The van der Waals surface area contributed by atoms with E-state index in [1.807, 2.05) is 48.5 Å². The van der Waals surface area contributed by atoms with E-state index in [9.17, 15) is 52.7 Å². The fraction of sp³-hybridized carbons (Fsp3) is 0.639. The first-order chi connectivity index (χ1) is 46.3. The van der Waals surface area contributed by atoms with Gasteiger partial charge in [0.2, 0.25) is 35.4 Å². The van der Waals surface area contributed by atoms with E-state index >= 15 is 0 Å². The topological polar surface area (TPSA) is 335 Å². The third kappa shape index (κ3) is 27.2. The van der Waals surface area contributed by atoms with Crippen molar-refractivity contribution in [2.75, 3.05) is 53.6 Å². The van der Waals surface area contributed by atoms with E-state index in [1.165, 1.54) is 7.11 Å². The van der Waals surface area contributed by atoms with Gasteiger partial charge in [-0.2, -0.15) is 0 Å². The van der Waals surface area contributed by atoms with Crippen LogP contribution in [-0.4, -0.2) is 187 Å². The van der Waals surface area contributed by atoms with Crippen molar-refractivity contribution in [2.45, 2.75) is 231 Å². The zero-order chi connectivity index (χ0) is 71.7. The van der Waals surface area contributed by atoms with Gasteiger partial charge in [-0.1, -0.05) is 48.5 Å². The van der Waals surface area contributed by atoms with E-state index in [-0.39, 0.29) is 93.5 Å². The normalized spacial score (nSPS) is 19.7. The minimum atomic E-state index is -1.28. The van der Waals surface area contributed by atoms with Crippen molar-refractivity contribution < 1.29 is 81.2 Å². The molecule has 1 aliphatic heterocycles. The lowest BCUT2D eigenvalue weighted by Crippen LogP contribution is -2.53. The lowest BCUT2D eigenvalue weighted by Gasteiger charge is -2.32. The van der Waals surface area contributed by atoms with Crippen LogP contribution < -0.4 is 31.9 Å². The number of ether oxygens (including phenoxy) is 6. The van der Waals surface area contributed by atoms with Crippen LogP contribution in [0.25, 0.3) is 10.8 Å². The van der Waals surface area contributed by atoms with Gasteiger partial charge < -0.3 is 70.1 Å². The van der Waals surface area contributed by atoms with E-state index in [0.717, 1.165) is 52.5 Å². The van der Waals surface area contributed by atoms with Crippen LogP contribution in [0.5, 0.6) is 0 Å². The van der Waals surface area contributed by atoms with Gasteiger partial charge in [0.1, 0.15) is 48.0 Å². The molecule has 0 radical (unpaired) electrons. The molecule has 3 fully saturated rings. The van der Waals surface area contributed by atoms with E-state index in [0.29, 0.717) is 58.3 Å². The fourth-order valence-electron chi connectivity index (χ4n) is 12.3. The van der Waals surface area contributed by atoms with Crippen molar-refractivity contribution in [2.24, 2.45) is 11.8 Å². The molecule has 3 aliphatic rings. The number of hydrogen-bond donors (Lipinski definition) is 6. The van der Waals surface area contributed by atoms with Gasteiger partial charge in [-0.25, -0.2) is 14.4 Å². The molecule has 2 saturated carbocycles. The SMILES string of the molecule is COC(=O)CN(CC(=O)N[C@@H](Cc1ccc2ccccc2c1)C(=O)NCCCC[C@H](NC(=O)N[C@@H](CCC(=O)OC(C)(C)C)C(=O)OC(C)(C)C)C(=O)OC(C)(C)C)C(=O)C1CCC(NC(=O)CCCOC2CCC(OCCNC(=O)[C@H]3CC(=O)N(C)[C@@H]3c3cccnc3)CC2)CC1. The highest BCUT2D eigenvalue weighted by Crippen LogP contribution is 2.37. The Hall–Kier alpha value is -8.26. The maximum absolute atomic E-state index is 14.2. The molecule has 6 rings (SSSR count). The molecule has 2 aliphatic carbocycles. The molecule has 5 atom stereocenters. The first kappa shape index (κ1) is 78.7. The van der Waals surface area contributed by atoms with Crippen LogP contribution in [0.3, 0.4) is 0 Å². The summed E-state index contributed by atoms with van der Waals surface area (Å²) in [5, 5.41) is 18.8. The third-order valence-electron chi connectivity index (χ3n) is 17.0. The predicted octanol–water partition coefficient (Wildman–Crippen LogP) is 6.53. The highest BCUT2D eigenvalue weighted by atomic mass is 16.6. The number of hydrogen-bond acceptors (Lipinski definition) is 18. The largest absolute Gasteiger partial charge is 0.468 e. The number of fused-ring (bicyclic) bond motifs is 1. The lowest BCUT2D eigenvalue weighted by molar-refractivity contribution is -0.159. The number of benzene rings is 2. The summed E-state index contributed by atoms with van der Waals surface area (Å²) in [6.45, 7) is 15.2. The second-order valence-corrected chi connectivity index (χ2v) is 28.7. The Bertz CT molecular complexity index is 3180. The zero-order valence-corrected chi connectivity index (χ0v) is 59.1. The number of amides is 8. The molecule has 1 aromatic heterocycles. The molecular weight excluding hydrogens is 1260 g/mol. The maximum Gasteiger partial charge on any atom is 0.329 e. The smallest absolute Gasteiger partial charge is 0.329 e. The Morgan fingerprint density at radius 1 is 0.622 bits per heavy atom. The van der Waals surface area contributed by atoms with Crippen molar-refractivity contribution in [1.82, 2.24) is 46.7 Å². The summed E-state index contributed by atoms with van der Waals surface area (Å²) in [6, 6.07) is 12.0. The Kier molecular flexibility index (Phi) is 30.2. The summed E-state index contributed by atoms with van der Waals surface area (Å²) in [5.74, 6) is -6.00. The van der Waals surface area contributed by atoms with E-state index in [1.54, 1.807) is 92.7 Å². The zero-order valence-electron chi connectivity index (χ0n) is 59.1. The Balaban J connectivity index is 0.947. The van der Waals surface area contributed by atoms with Crippen molar-refractivity contribution in [3.8, 4) is 0 Å². The molecular formula is C72H105N9O17. The number of nitrogens with zero attached hydrogens (tertiary/aromatic N) is 3. The van der Waals surface area contributed by atoms with E-state index in [2.05, 4.69) is 36.9 Å². The number of pyridine rings is 1. The average molecular weight is 1370 g/mol. The second kappa shape index (κ2) is 37.6. The Labute approximate surface area is 575 Å². The van der Waals surface area contributed by atoms with Gasteiger partial charge >= 0.3 is 29.9 Å². The Morgan fingerprint density at radius 3 is 1.86 bits per heavy atom. The minimum absolute atomic E-state index is 0.0409. The molecule has 0 spiro atoms. The first-order valence-electron chi connectivity index (χ1n) is 34.4. The Morgan fingerprint density at radius 2 is 1.24 bits per heavy atom. The number of likely N-dealkylation sites (tertiary alicyclic amines) is 1.